The van der Waals surface area contributed by atoms with E-state index in [4.69, 9.17) is 4.74 Å². The van der Waals surface area contributed by atoms with Crippen molar-refractivity contribution in [3.05, 3.63) is 89.7 Å². The van der Waals surface area contributed by atoms with Crippen LogP contribution >= 0.6 is 0 Å². The number of carbonyl (C=O) groups excluding carboxylic acids is 2. The molecule has 0 aliphatic carbocycles. The van der Waals surface area contributed by atoms with Crippen molar-refractivity contribution in [2.75, 3.05) is 26.7 Å². The summed E-state index contributed by atoms with van der Waals surface area (Å²) in [6.45, 7) is 5.91. The van der Waals surface area contributed by atoms with Crippen molar-refractivity contribution in [2.45, 2.75) is 37.6 Å². The average Bonchev–Trinajstić information content (AvgIpc) is 2.99. The number of carbonyl (C=O) groups is 2. The van der Waals surface area contributed by atoms with Crippen LogP contribution in [-0.4, -0.2) is 72.3 Å². The predicted molar refractivity (Wildman–Crippen MR) is 156 cm³/mol. The van der Waals surface area contributed by atoms with E-state index in [0.29, 0.717) is 22.5 Å². The number of amides is 1. The molecule has 10 heteroatoms. The summed E-state index contributed by atoms with van der Waals surface area (Å²) >= 11 is 0. The summed E-state index contributed by atoms with van der Waals surface area (Å²) in [5.74, 6) is -1.03. The van der Waals surface area contributed by atoms with E-state index < -0.39 is 27.9 Å². The van der Waals surface area contributed by atoms with Gasteiger partial charge in [0.05, 0.1) is 17.7 Å². The predicted octanol–water partition coefficient (Wildman–Crippen LogP) is 4.74. The van der Waals surface area contributed by atoms with Crippen LogP contribution < -0.4 is 0 Å². The lowest BCUT2D eigenvalue weighted by atomic mass is 10.0. The van der Waals surface area contributed by atoms with Crippen LogP contribution in [0.2, 0.25) is 0 Å². The van der Waals surface area contributed by atoms with E-state index in [2.05, 4.69) is 9.97 Å². The van der Waals surface area contributed by atoms with Crippen LogP contribution in [0.25, 0.3) is 22.2 Å². The molecule has 0 N–H and O–H groups in total. The SMILES string of the molecule is COC(=O)c1c(C(=O)N2CCN(S(=O)(=O)c3cccc4ccccc34)C(C)C2)nc(-c2ccccc2)nc1C(C)C. The molecule has 0 radical (unpaired) electrons. The van der Waals surface area contributed by atoms with Gasteiger partial charge >= 0.3 is 5.97 Å². The minimum atomic E-state index is -3.84. The number of methoxy groups -OCH3 is 1. The van der Waals surface area contributed by atoms with Crippen LogP contribution in [0.5, 0.6) is 0 Å². The van der Waals surface area contributed by atoms with Crippen molar-refractivity contribution in [1.82, 2.24) is 19.2 Å². The van der Waals surface area contributed by atoms with Crippen molar-refractivity contribution in [3.8, 4) is 11.4 Å². The number of hydrogen-bond donors (Lipinski definition) is 0. The van der Waals surface area contributed by atoms with Crippen molar-refractivity contribution in [3.63, 3.8) is 0 Å². The van der Waals surface area contributed by atoms with Crippen LogP contribution in [0.15, 0.2) is 77.7 Å². The van der Waals surface area contributed by atoms with Crippen LogP contribution in [0.3, 0.4) is 0 Å². The van der Waals surface area contributed by atoms with Gasteiger partial charge in [0.25, 0.3) is 5.91 Å². The number of rotatable bonds is 6. The van der Waals surface area contributed by atoms with E-state index in [1.165, 1.54) is 11.4 Å². The highest BCUT2D eigenvalue weighted by atomic mass is 32.2. The van der Waals surface area contributed by atoms with Gasteiger partial charge in [0.15, 0.2) is 5.82 Å². The summed E-state index contributed by atoms with van der Waals surface area (Å²) in [6.07, 6.45) is 0. The number of esters is 1. The fourth-order valence-corrected chi connectivity index (χ4v) is 7.08. The van der Waals surface area contributed by atoms with Gasteiger partial charge < -0.3 is 9.64 Å². The zero-order chi connectivity index (χ0) is 29.3. The van der Waals surface area contributed by atoms with Gasteiger partial charge in [-0.05, 0) is 24.3 Å². The van der Waals surface area contributed by atoms with Crippen molar-refractivity contribution >= 4 is 32.7 Å². The Bertz CT molecular complexity index is 1720. The number of aromatic nitrogens is 2. The molecule has 2 heterocycles. The van der Waals surface area contributed by atoms with E-state index in [0.717, 1.165) is 5.39 Å². The molecule has 1 fully saturated rings. The zero-order valence-corrected chi connectivity index (χ0v) is 24.3. The molecule has 1 unspecified atom stereocenters. The highest BCUT2D eigenvalue weighted by molar-refractivity contribution is 7.89. The van der Waals surface area contributed by atoms with Gasteiger partial charge in [-0.25, -0.2) is 23.2 Å². The number of hydrogen-bond acceptors (Lipinski definition) is 7. The Morgan fingerprint density at radius 1 is 0.927 bits per heavy atom. The normalized spacial score (nSPS) is 16.2. The van der Waals surface area contributed by atoms with Crippen LogP contribution in [0.1, 0.15) is 53.2 Å². The average molecular weight is 573 g/mol. The smallest absolute Gasteiger partial charge is 0.342 e. The van der Waals surface area contributed by atoms with E-state index in [1.807, 2.05) is 68.4 Å². The summed E-state index contributed by atoms with van der Waals surface area (Å²) in [7, 11) is -2.59. The molecule has 0 bridgehead atoms. The summed E-state index contributed by atoms with van der Waals surface area (Å²) < 4.78 is 34.1. The molecular weight excluding hydrogens is 540 g/mol. The zero-order valence-electron chi connectivity index (χ0n) is 23.4. The quantitative estimate of drug-likeness (QED) is 0.307. The highest BCUT2D eigenvalue weighted by Gasteiger charge is 2.38. The number of nitrogens with zero attached hydrogens (tertiary/aromatic N) is 4. The maximum absolute atomic E-state index is 14.0. The molecule has 1 amide bonds. The van der Waals surface area contributed by atoms with Crippen LogP contribution in [-0.2, 0) is 14.8 Å². The Hall–Kier alpha value is -4.15. The fraction of sp³-hybridized carbons (Fsp3) is 0.290. The molecule has 0 spiro atoms. The number of sulfonamides is 1. The fourth-order valence-electron chi connectivity index (χ4n) is 5.25. The summed E-state index contributed by atoms with van der Waals surface area (Å²) in [5.41, 5.74) is 1.11. The molecular formula is C31H32N4O5S. The lowest BCUT2D eigenvalue weighted by Gasteiger charge is -2.39. The number of benzene rings is 3. The molecule has 5 rings (SSSR count). The van der Waals surface area contributed by atoms with E-state index in [-0.39, 0.29) is 41.7 Å². The van der Waals surface area contributed by atoms with Crippen LogP contribution in [0.4, 0.5) is 0 Å². The largest absolute Gasteiger partial charge is 0.465 e. The van der Waals surface area contributed by atoms with Crippen molar-refractivity contribution in [1.29, 1.82) is 0 Å². The van der Waals surface area contributed by atoms with Crippen molar-refractivity contribution < 1.29 is 22.7 Å². The molecule has 1 aliphatic heterocycles. The van der Waals surface area contributed by atoms with Gasteiger partial charge in [0, 0.05) is 36.6 Å². The highest BCUT2D eigenvalue weighted by Crippen LogP contribution is 2.30. The number of fused-ring (bicyclic) bond motifs is 1. The van der Waals surface area contributed by atoms with Gasteiger partial charge in [-0.3, -0.25) is 4.79 Å². The van der Waals surface area contributed by atoms with Gasteiger partial charge in [0.1, 0.15) is 11.3 Å². The molecule has 1 aromatic heterocycles. The third kappa shape index (κ3) is 5.32. The Morgan fingerprint density at radius 3 is 2.29 bits per heavy atom. The first-order valence-electron chi connectivity index (χ1n) is 13.5. The molecule has 9 nitrogen and oxygen atoms in total. The summed E-state index contributed by atoms with van der Waals surface area (Å²) in [5, 5.41) is 1.49. The molecule has 1 aliphatic rings. The lowest BCUT2D eigenvalue weighted by molar-refractivity contribution is 0.0569. The van der Waals surface area contributed by atoms with E-state index in [1.54, 1.807) is 30.0 Å². The maximum atomic E-state index is 14.0. The maximum Gasteiger partial charge on any atom is 0.342 e. The van der Waals surface area contributed by atoms with Crippen LogP contribution in [0, 0.1) is 0 Å². The molecule has 4 aromatic rings. The first kappa shape index (κ1) is 28.4. The monoisotopic (exact) mass is 572 g/mol. The Kier molecular flexibility index (Phi) is 7.88. The first-order valence-corrected chi connectivity index (χ1v) is 14.9. The topological polar surface area (TPSA) is 110 Å². The third-order valence-corrected chi connectivity index (χ3v) is 9.37. The molecule has 41 heavy (non-hydrogen) atoms. The molecule has 212 valence electrons. The summed E-state index contributed by atoms with van der Waals surface area (Å²) in [6, 6.07) is 21.3. The second-order valence-corrected chi connectivity index (χ2v) is 12.2. The minimum absolute atomic E-state index is 0.0330. The van der Waals surface area contributed by atoms with E-state index >= 15 is 0 Å². The standard InChI is InChI=1S/C31H32N4O5S/c1-20(2)27-26(31(37)40-4)28(33-29(32-27)23-12-6-5-7-13-23)30(36)34-17-18-35(21(3)19-34)41(38,39)25-16-10-14-22-11-8-9-15-24(22)25/h5-16,20-21H,17-19H2,1-4H3. The Labute approximate surface area is 239 Å². The minimum Gasteiger partial charge on any atom is -0.465 e. The lowest BCUT2D eigenvalue weighted by Crippen LogP contribution is -2.55. The van der Waals surface area contributed by atoms with Gasteiger partial charge in [-0.15, -0.1) is 0 Å². The third-order valence-electron chi connectivity index (χ3n) is 7.30. The van der Waals surface area contributed by atoms with Gasteiger partial charge in [-0.1, -0.05) is 80.6 Å². The van der Waals surface area contributed by atoms with Crippen molar-refractivity contribution in [2.24, 2.45) is 0 Å². The second kappa shape index (κ2) is 11.4. The number of ether oxygens (including phenoxy) is 1. The summed E-state index contributed by atoms with van der Waals surface area (Å²) in [4.78, 5) is 38.0. The molecule has 1 atom stereocenters. The van der Waals surface area contributed by atoms with Gasteiger partial charge in [-0.2, -0.15) is 4.31 Å². The van der Waals surface area contributed by atoms with Gasteiger partial charge in [0.2, 0.25) is 10.0 Å². The first-order chi connectivity index (χ1) is 19.6. The molecule has 3 aromatic carbocycles. The number of piperazine rings is 1. The Balaban J connectivity index is 1.50. The van der Waals surface area contributed by atoms with E-state index in [9.17, 15) is 18.0 Å². The second-order valence-electron chi connectivity index (χ2n) is 10.4. The molecule has 0 saturated carbocycles. The Morgan fingerprint density at radius 2 is 1.61 bits per heavy atom. The molecule has 1 saturated heterocycles.